The van der Waals surface area contributed by atoms with E-state index in [0.29, 0.717) is 55.6 Å². The fraction of sp³-hybridized carbons (Fsp3) is 0.433. The zero-order valence-electron chi connectivity index (χ0n) is 21.9. The third-order valence-electron chi connectivity index (χ3n) is 8.21. The molecular weight excluding hydrogens is 501 g/mol. The van der Waals surface area contributed by atoms with Gasteiger partial charge in [0, 0.05) is 37.1 Å². The minimum Gasteiger partial charge on any atom is -0.481 e. The molecule has 1 saturated heterocycles. The highest BCUT2D eigenvalue weighted by Gasteiger charge is 2.38. The summed E-state index contributed by atoms with van der Waals surface area (Å²) in [5, 5.41) is 10.2. The van der Waals surface area contributed by atoms with E-state index < -0.39 is 18.5 Å². The van der Waals surface area contributed by atoms with E-state index in [1.807, 2.05) is 54.2 Å². The van der Waals surface area contributed by atoms with Crippen molar-refractivity contribution in [3.63, 3.8) is 0 Å². The average molecular weight is 534 g/mol. The molecule has 3 heterocycles. The lowest BCUT2D eigenvalue weighted by Gasteiger charge is -2.32. The molecule has 1 saturated carbocycles. The number of rotatable bonds is 8. The molecule has 2 fully saturated rings. The minimum atomic E-state index is -1.67. The summed E-state index contributed by atoms with van der Waals surface area (Å²) in [7, 11) is 1.99. The number of hydrogen-bond donors (Lipinski definition) is 1. The number of nitrogens with zero attached hydrogens (tertiary/aromatic N) is 3. The van der Waals surface area contributed by atoms with Gasteiger partial charge in [-0.25, -0.2) is 9.88 Å². The van der Waals surface area contributed by atoms with Gasteiger partial charge in [-0.3, -0.25) is 9.59 Å². The first kappa shape index (κ1) is 25.7. The number of carbonyl (C=O) groups excluding carboxylic acids is 1. The molecule has 1 aliphatic carbocycles. The van der Waals surface area contributed by atoms with Crippen LogP contribution in [0.4, 0.5) is 4.39 Å². The van der Waals surface area contributed by atoms with Crippen LogP contribution in [-0.2, 0) is 27.8 Å². The number of para-hydroxylation sites is 1. The summed E-state index contributed by atoms with van der Waals surface area (Å²) in [6.45, 7) is -1.22. The number of halogens is 1. The molecule has 1 N–H and O–H groups in total. The number of alkyl halides is 1. The number of aliphatic carboxylic acids is 1. The summed E-state index contributed by atoms with van der Waals surface area (Å²) in [5.74, 6) is -0.707. The maximum absolute atomic E-state index is 15.2. The van der Waals surface area contributed by atoms with Crippen LogP contribution < -0.4 is 0 Å². The Morgan fingerprint density at radius 3 is 2.74 bits per heavy atom. The van der Waals surface area contributed by atoms with Crippen molar-refractivity contribution in [1.29, 1.82) is 0 Å². The highest BCUT2D eigenvalue weighted by atomic mass is 19.1. The number of hydrogen-bond acceptors (Lipinski definition) is 6. The standard InChI is InChI=1S/C30H32FN3O5/c1-33-17-22(21-5-2-3-6-24(21)33)28-32-23-13-8-18(16-27(23)39-28)15-26(35)25-7-4-14-34(25)30(31)38-20-11-9-19(10-12-20)29(36)37/h2-3,5-6,8,13,16-17,19-20,25,30H,4,7,9-12,14-15H2,1H3,(H,36,37)/t19?,20?,25-,30-/m0/s1. The van der Waals surface area contributed by atoms with Crippen molar-refractivity contribution in [2.24, 2.45) is 13.0 Å². The molecule has 2 atom stereocenters. The number of carbonyl (C=O) groups is 2. The first-order valence-corrected chi connectivity index (χ1v) is 13.6. The molecule has 204 valence electrons. The van der Waals surface area contributed by atoms with Crippen LogP contribution in [0.15, 0.2) is 53.1 Å². The zero-order chi connectivity index (χ0) is 27.1. The third kappa shape index (κ3) is 5.08. The van der Waals surface area contributed by atoms with Crippen LogP contribution in [0.2, 0.25) is 0 Å². The number of aryl methyl sites for hydroxylation is 1. The van der Waals surface area contributed by atoms with E-state index in [0.717, 1.165) is 28.5 Å². The molecule has 4 aromatic rings. The van der Waals surface area contributed by atoms with E-state index in [4.69, 9.17) is 9.15 Å². The Morgan fingerprint density at radius 1 is 1.15 bits per heavy atom. The van der Waals surface area contributed by atoms with Crippen molar-refractivity contribution >= 4 is 33.8 Å². The monoisotopic (exact) mass is 533 g/mol. The molecule has 39 heavy (non-hydrogen) atoms. The lowest BCUT2D eigenvalue weighted by atomic mass is 9.87. The Labute approximate surface area is 225 Å². The predicted octanol–water partition coefficient (Wildman–Crippen LogP) is 5.48. The van der Waals surface area contributed by atoms with Gasteiger partial charge in [0.05, 0.1) is 23.6 Å². The van der Waals surface area contributed by atoms with E-state index in [-0.39, 0.29) is 24.2 Å². The first-order chi connectivity index (χ1) is 18.9. The smallest absolute Gasteiger partial charge is 0.306 e. The van der Waals surface area contributed by atoms with Crippen LogP contribution in [0.25, 0.3) is 33.5 Å². The Morgan fingerprint density at radius 2 is 1.95 bits per heavy atom. The van der Waals surface area contributed by atoms with Crippen LogP contribution in [-0.4, -0.2) is 56.5 Å². The number of Topliss-reactive ketones (excluding diaryl/α,β-unsaturated/α-hetero) is 1. The maximum atomic E-state index is 15.2. The molecule has 6 rings (SSSR count). The van der Waals surface area contributed by atoms with Gasteiger partial charge in [-0.15, -0.1) is 0 Å². The van der Waals surface area contributed by atoms with Crippen molar-refractivity contribution in [3.05, 3.63) is 54.2 Å². The van der Waals surface area contributed by atoms with Gasteiger partial charge >= 0.3 is 5.97 Å². The Kier molecular flexibility index (Phi) is 6.95. The third-order valence-corrected chi connectivity index (χ3v) is 8.21. The molecule has 1 aliphatic heterocycles. The van der Waals surface area contributed by atoms with Gasteiger partial charge in [0.2, 0.25) is 5.89 Å². The molecule has 0 radical (unpaired) electrons. The van der Waals surface area contributed by atoms with Crippen molar-refractivity contribution in [2.75, 3.05) is 6.54 Å². The Hall–Kier alpha value is -3.56. The Bertz CT molecular complexity index is 1520. The number of ketones is 1. The largest absolute Gasteiger partial charge is 0.481 e. The van der Waals surface area contributed by atoms with Crippen LogP contribution in [0.1, 0.15) is 44.1 Å². The fourth-order valence-corrected chi connectivity index (χ4v) is 6.09. The highest BCUT2D eigenvalue weighted by molar-refractivity contribution is 5.95. The van der Waals surface area contributed by atoms with E-state index >= 15 is 4.39 Å². The summed E-state index contributed by atoms with van der Waals surface area (Å²) in [6.07, 6.45) is 5.16. The number of benzene rings is 2. The zero-order valence-corrected chi connectivity index (χ0v) is 21.9. The quantitative estimate of drug-likeness (QED) is 0.300. The molecule has 2 aromatic heterocycles. The van der Waals surface area contributed by atoms with Gasteiger partial charge in [0.15, 0.2) is 11.4 Å². The second-order valence-corrected chi connectivity index (χ2v) is 10.8. The van der Waals surface area contributed by atoms with Gasteiger partial charge in [0.1, 0.15) is 5.52 Å². The van der Waals surface area contributed by atoms with Crippen LogP contribution in [0.3, 0.4) is 0 Å². The highest BCUT2D eigenvalue weighted by Crippen LogP contribution is 2.33. The second-order valence-electron chi connectivity index (χ2n) is 10.8. The van der Waals surface area contributed by atoms with Crippen LogP contribution in [0, 0.1) is 5.92 Å². The lowest BCUT2D eigenvalue weighted by molar-refractivity contribution is -0.187. The lowest BCUT2D eigenvalue weighted by Crippen LogP contribution is -2.44. The summed E-state index contributed by atoms with van der Waals surface area (Å²) >= 11 is 0. The summed E-state index contributed by atoms with van der Waals surface area (Å²) < 4.78 is 29.0. The molecule has 0 spiro atoms. The maximum Gasteiger partial charge on any atom is 0.306 e. The van der Waals surface area contributed by atoms with Gasteiger partial charge in [-0.2, -0.15) is 4.39 Å². The Balaban J connectivity index is 1.13. The van der Waals surface area contributed by atoms with Crippen molar-refractivity contribution in [3.8, 4) is 11.5 Å². The molecular formula is C30H32FN3O5. The number of carboxylic acid groups (broad SMARTS) is 1. The summed E-state index contributed by atoms with van der Waals surface area (Å²) in [6, 6.07) is 13.1. The van der Waals surface area contributed by atoms with Gasteiger partial charge in [-0.1, -0.05) is 24.3 Å². The first-order valence-electron chi connectivity index (χ1n) is 13.6. The van der Waals surface area contributed by atoms with E-state index in [1.165, 1.54) is 4.90 Å². The van der Waals surface area contributed by atoms with E-state index in [9.17, 15) is 14.7 Å². The second kappa shape index (κ2) is 10.5. The normalized spacial score (nSPS) is 23.0. The summed E-state index contributed by atoms with van der Waals surface area (Å²) in [5.41, 5.74) is 4.11. The van der Waals surface area contributed by atoms with Crippen molar-refractivity contribution < 1.29 is 28.2 Å². The van der Waals surface area contributed by atoms with E-state index in [2.05, 4.69) is 11.1 Å². The minimum absolute atomic E-state index is 0.0542. The molecule has 0 unspecified atom stereocenters. The van der Waals surface area contributed by atoms with Gasteiger partial charge in [0.25, 0.3) is 6.48 Å². The van der Waals surface area contributed by atoms with E-state index in [1.54, 1.807) is 0 Å². The van der Waals surface area contributed by atoms with Gasteiger partial charge in [-0.05, 0) is 62.3 Å². The molecule has 2 aliphatic rings. The number of carboxylic acids is 1. The predicted molar refractivity (Wildman–Crippen MR) is 144 cm³/mol. The van der Waals surface area contributed by atoms with Crippen LogP contribution >= 0.6 is 0 Å². The van der Waals surface area contributed by atoms with Crippen molar-refractivity contribution in [1.82, 2.24) is 14.5 Å². The van der Waals surface area contributed by atoms with Crippen LogP contribution in [0.5, 0.6) is 0 Å². The average Bonchev–Trinajstić information content (AvgIpc) is 3.66. The molecule has 0 amide bonds. The van der Waals surface area contributed by atoms with Gasteiger partial charge < -0.3 is 18.8 Å². The summed E-state index contributed by atoms with van der Waals surface area (Å²) in [4.78, 5) is 30.6. The fourth-order valence-electron chi connectivity index (χ4n) is 6.09. The van der Waals surface area contributed by atoms with Crippen molar-refractivity contribution in [2.45, 2.75) is 63.6 Å². The molecule has 0 bridgehead atoms. The number of likely N-dealkylation sites (tertiary alicyclic amines) is 1. The number of fused-ring (bicyclic) bond motifs is 2. The SMILES string of the molecule is Cn1cc(-c2nc3ccc(CC(=O)[C@@H]4CCCN4[C@H](F)OC4CCC(C(=O)O)CC4)cc3o2)c2ccccc21. The number of aromatic nitrogens is 2. The topological polar surface area (TPSA) is 97.8 Å². The molecule has 2 aromatic carbocycles. The number of oxazole rings is 1. The molecule has 9 heteroatoms. The molecule has 8 nitrogen and oxygen atoms in total. The number of ether oxygens (including phenoxy) is 1.